The third-order valence-corrected chi connectivity index (χ3v) is 4.09. The Bertz CT molecular complexity index is 742. The maximum absolute atomic E-state index is 12.4. The largest absolute Gasteiger partial charge is 0.480 e. The Morgan fingerprint density at radius 3 is 1.62 bits per heavy atom. The molecule has 0 fully saturated rings. The number of aliphatic carboxylic acids is 1. The molecule has 15 nitrogen and oxygen atoms in total. The molecule has 0 rings (SSSR count). The Balaban J connectivity index is 4.91. The number of carboxylic acids is 1. The summed E-state index contributed by atoms with van der Waals surface area (Å²) in [6.45, 7) is -0.657. The van der Waals surface area contributed by atoms with Crippen LogP contribution in [0, 0.1) is 0 Å². The van der Waals surface area contributed by atoms with E-state index in [-0.39, 0.29) is 38.5 Å². The van der Waals surface area contributed by atoms with Crippen molar-refractivity contribution in [3.8, 4) is 0 Å². The van der Waals surface area contributed by atoms with E-state index in [0.717, 1.165) is 0 Å². The lowest BCUT2D eigenvalue weighted by atomic mass is 10.1. The van der Waals surface area contributed by atoms with E-state index < -0.39 is 66.1 Å². The lowest BCUT2D eigenvalue weighted by molar-refractivity contribution is -0.142. The first-order chi connectivity index (χ1) is 14.8. The molecule has 15 heteroatoms. The van der Waals surface area contributed by atoms with Crippen LogP contribution >= 0.6 is 0 Å². The van der Waals surface area contributed by atoms with Crippen molar-refractivity contribution in [2.75, 3.05) is 6.54 Å². The minimum absolute atomic E-state index is 0.0738. The van der Waals surface area contributed by atoms with Crippen LogP contribution in [-0.4, -0.2) is 71.2 Å². The molecular weight excluding hydrogens is 430 g/mol. The molecule has 0 aliphatic rings. The number of carbonyl (C=O) groups is 7. The van der Waals surface area contributed by atoms with Crippen molar-refractivity contribution in [3.05, 3.63) is 0 Å². The Morgan fingerprint density at radius 1 is 0.688 bits per heavy atom. The molecule has 0 saturated carbocycles. The molecule has 0 aliphatic heterocycles. The standard InChI is InChI=1S/C17H29N7O8/c18-8(1-4-11(19)25)15(29)24-9(2-5-12(20)26)16(30)22-7-14(28)23-10(17(31)32)3-6-13(21)27/h8-10H,1-7,18H2,(H2,19,25)(H2,20,26)(H2,21,27)(H,22,30)(H,23,28)(H,24,29)(H,31,32). The van der Waals surface area contributed by atoms with Gasteiger partial charge < -0.3 is 44.0 Å². The fraction of sp³-hybridized carbons (Fsp3) is 0.588. The summed E-state index contributed by atoms with van der Waals surface area (Å²) < 4.78 is 0. The van der Waals surface area contributed by atoms with Crippen LogP contribution in [0.25, 0.3) is 0 Å². The molecule has 0 radical (unpaired) electrons. The predicted octanol–water partition coefficient (Wildman–Crippen LogP) is -4.72. The summed E-state index contributed by atoms with van der Waals surface area (Å²) in [5.74, 6) is -6.10. The van der Waals surface area contributed by atoms with Gasteiger partial charge in [0.05, 0.1) is 12.6 Å². The Kier molecular flexibility index (Phi) is 12.6. The lowest BCUT2D eigenvalue weighted by Crippen LogP contribution is -2.53. The quantitative estimate of drug-likeness (QED) is 0.110. The van der Waals surface area contributed by atoms with Gasteiger partial charge in [-0.1, -0.05) is 0 Å². The van der Waals surface area contributed by atoms with Crippen molar-refractivity contribution in [2.45, 2.75) is 56.7 Å². The number of nitrogens with one attached hydrogen (secondary N) is 3. The van der Waals surface area contributed by atoms with Crippen molar-refractivity contribution < 1.29 is 38.7 Å². The summed E-state index contributed by atoms with van der Waals surface area (Å²) in [4.78, 5) is 80.2. The van der Waals surface area contributed by atoms with Gasteiger partial charge in [-0.25, -0.2) is 4.79 Å². The summed E-state index contributed by atoms with van der Waals surface area (Å²) in [6, 6.07) is -3.84. The molecule has 6 amide bonds. The topological polar surface area (TPSA) is 280 Å². The zero-order valence-electron chi connectivity index (χ0n) is 17.3. The van der Waals surface area contributed by atoms with Gasteiger partial charge in [-0.15, -0.1) is 0 Å². The highest BCUT2D eigenvalue weighted by Gasteiger charge is 2.26. The molecular formula is C17H29N7O8. The second kappa shape index (κ2) is 14.3. The molecule has 0 aliphatic carbocycles. The fourth-order valence-corrected chi connectivity index (χ4v) is 2.34. The maximum Gasteiger partial charge on any atom is 0.326 e. The molecule has 0 aromatic carbocycles. The van der Waals surface area contributed by atoms with Crippen LogP contribution in [0.2, 0.25) is 0 Å². The normalized spacial score (nSPS) is 13.2. The van der Waals surface area contributed by atoms with Crippen LogP contribution in [-0.2, 0) is 33.6 Å². The van der Waals surface area contributed by atoms with Gasteiger partial charge in [-0.2, -0.15) is 0 Å². The summed E-state index contributed by atoms with van der Waals surface area (Å²) in [5, 5.41) is 15.7. The number of hydrogen-bond acceptors (Lipinski definition) is 8. The van der Waals surface area contributed by atoms with Crippen molar-refractivity contribution in [1.29, 1.82) is 0 Å². The highest BCUT2D eigenvalue weighted by atomic mass is 16.4. The number of carbonyl (C=O) groups excluding carboxylic acids is 6. The van der Waals surface area contributed by atoms with Gasteiger partial charge in [-0.3, -0.25) is 28.8 Å². The SMILES string of the molecule is NC(=O)CCC(N)C(=O)NC(CCC(N)=O)C(=O)NCC(=O)NC(CCC(N)=O)C(=O)O. The predicted molar refractivity (Wildman–Crippen MR) is 108 cm³/mol. The summed E-state index contributed by atoms with van der Waals surface area (Å²) in [5.41, 5.74) is 20.6. The first-order valence-electron chi connectivity index (χ1n) is 9.54. The molecule has 180 valence electrons. The van der Waals surface area contributed by atoms with Crippen LogP contribution < -0.4 is 38.9 Å². The molecule has 3 unspecified atom stereocenters. The molecule has 0 bridgehead atoms. The van der Waals surface area contributed by atoms with Crippen LogP contribution in [0.15, 0.2) is 0 Å². The first kappa shape index (κ1) is 28.2. The Labute approximate surface area is 183 Å². The minimum Gasteiger partial charge on any atom is -0.480 e. The molecule has 3 atom stereocenters. The van der Waals surface area contributed by atoms with Gasteiger partial charge in [-0.05, 0) is 19.3 Å². The van der Waals surface area contributed by atoms with Crippen molar-refractivity contribution in [1.82, 2.24) is 16.0 Å². The van der Waals surface area contributed by atoms with E-state index >= 15 is 0 Å². The second-order valence-electron chi connectivity index (χ2n) is 6.86. The van der Waals surface area contributed by atoms with Gasteiger partial charge in [0, 0.05) is 19.3 Å². The number of nitrogens with two attached hydrogens (primary N) is 4. The van der Waals surface area contributed by atoms with Crippen LogP contribution in [0.4, 0.5) is 0 Å². The van der Waals surface area contributed by atoms with Crippen LogP contribution in [0.3, 0.4) is 0 Å². The second-order valence-corrected chi connectivity index (χ2v) is 6.86. The molecule has 0 saturated heterocycles. The molecule has 0 heterocycles. The van der Waals surface area contributed by atoms with Crippen molar-refractivity contribution >= 4 is 41.4 Å². The zero-order valence-corrected chi connectivity index (χ0v) is 17.3. The Morgan fingerprint density at radius 2 is 1.16 bits per heavy atom. The fourth-order valence-electron chi connectivity index (χ4n) is 2.34. The summed E-state index contributed by atoms with van der Waals surface area (Å²) in [7, 11) is 0. The average Bonchev–Trinajstić information content (AvgIpc) is 2.69. The van der Waals surface area contributed by atoms with Gasteiger partial charge in [0.25, 0.3) is 0 Å². The number of carboxylic acid groups (broad SMARTS) is 1. The maximum atomic E-state index is 12.4. The zero-order chi connectivity index (χ0) is 24.8. The van der Waals surface area contributed by atoms with E-state index in [2.05, 4.69) is 16.0 Å². The summed E-state index contributed by atoms with van der Waals surface area (Å²) in [6.07, 6.45) is -1.22. The lowest BCUT2D eigenvalue weighted by Gasteiger charge is -2.20. The van der Waals surface area contributed by atoms with Crippen molar-refractivity contribution in [2.24, 2.45) is 22.9 Å². The monoisotopic (exact) mass is 459 g/mol. The third kappa shape index (κ3) is 12.7. The molecule has 0 aromatic rings. The smallest absolute Gasteiger partial charge is 0.326 e. The van der Waals surface area contributed by atoms with Crippen LogP contribution in [0.1, 0.15) is 38.5 Å². The molecule has 12 N–H and O–H groups in total. The van der Waals surface area contributed by atoms with E-state index in [1.54, 1.807) is 0 Å². The summed E-state index contributed by atoms with van der Waals surface area (Å²) >= 11 is 0. The van der Waals surface area contributed by atoms with Gasteiger partial charge in [0.1, 0.15) is 12.1 Å². The highest BCUT2D eigenvalue weighted by Crippen LogP contribution is 2.01. The molecule has 32 heavy (non-hydrogen) atoms. The number of rotatable bonds is 16. The van der Waals surface area contributed by atoms with E-state index in [1.807, 2.05) is 0 Å². The van der Waals surface area contributed by atoms with Gasteiger partial charge in [0.2, 0.25) is 35.4 Å². The minimum atomic E-state index is -1.40. The van der Waals surface area contributed by atoms with Gasteiger partial charge >= 0.3 is 5.97 Å². The first-order valence-corrected chi connectivity index (χ1v) is 9.54. The van der Waals surface area contributed by atoms with Crippen molar-refractivity contribution in [3.63, 3.8) is 0 Å². The van der Waals surface area contributed by atoms with Gasteiger partial charge in [0.15, 0.2) is 0 Å². The molecule has 0 spiro atoms. The number of hydrogen-bond donors (Lipinski definition) is 8. The number of primary amides is 3. The van der Waals surface area contributed by atoms with E-state index in [4.69, 9.17) is 28.0 Å². The molecule has 0 aromatic heterocycles. The average molecular weight is 459 g/mol. The van der Waals surface area contributed by atoms with E-state index in [1.165, 1.54) is 0 Å². The number of amides is 6. The third-order valence-electron chi connectivity index (χ3n) is 4.09. The van der Waals surface area contributed by atoms with E-state index in [9.17, 15) is 33.6 Å². The highest BCUT2D eigenvalue weighted by molar-refractivity contribution is 5.93. The van der Waals surface area contributed by atoms with E-state index in [0.29, 0.717) is 0 Å². The Hall–Kier alpha value is -3.75. The van der Waals surface area contributed by atoms with Crippen LogP contribution in [0.5, 0.6) is 0 Å².